The van der Waals surface area contributed by atoms with Crippen molar-refractivity contribution in [3.8, 4) is 0 Å². The number of ether oxygens (including phenoxy) is 1. The number of thioether (sulfide) groups is 1. The van der Waals surface area contributed by atoms with Crippen LogP contribution in [0.3, 0.4) is 0 Å². The lowest BCUT2D eigenvalue weighted by Gasteiger charge is -2.34. The summed E-state index contributed by atoms with van der Waals surface area (Å²) in [5, 5.41) is 0. The van der Waals surface area contributed by atoms with Crippen molar-refractivity contribution in [2.45, 2.75) is 23.8 Å². The summed E-state index contributed by atoms with van der Waals surface area (Å²) >= 11 is 1.85. The van der Waals surface area contributed by atoms with Gasteiger partial charge >= 0.3 is 0 Å². The summed E-state index contributed by atoms with van der Waals surface area (Å²) in [6, 6.07) is 10.5. The quantitative estimate of drug-likeness (QED) is 0.610. The van der Waals surface area contributed by atoms with Crippen molar-refractivity contribution in [1.82, 2.24) is 0 Å². The highest BCUT2D eigenvalue weighted by Crippen LogP contribution is 2.29. The molecule has 1 aliphatic rings. The Labute approximate surface area is 102 Å². The van der Waals surface area contributed by atoms with Crippen LogP contribution < -0.4 is 5.73 Å². The van der Waals surface area contributed by atoms with Crippen LogP contribution in [0.1, 0.15) is 12.8 Å². The van der Waals surface area contributed by atoms with Gasteiger partial charge in [-0.05, 0) is 37.4 Å². The van der Waals surface area contributed by atoms with Gasteiger partial charge in [0.15, 0.2) is 0 Å². The van der Waals surface area contributed by atoms with Crippen molar-refractivity contribution in [2.75, 3.05) is 18.9 Å². The molecule has 2 nitrogen and oxygen atoms in total. The van der Waals surface area contributed by atoms with Crippen LogP contribution in [0.15, 0.2) is 35.2 Å². The van der Waals surface area contributed by atoms with Gasteiger partial charge in [-0.2, -0.15) is 0 Å². The molecular formula is C13H19NOS. The molecule has 2 N–H and O–H groups in total. The summed E-state index contributed by atoms with van der Waals surface area (Å²) < 4.78 is 5.76. The summed E-state index contributed by atoms with van der Waals surface area (Å²) in [4.78, 5) is 1.32. The Morgan fingerprint density at radius 2 is 2.00 bits per heavy atom. The highest BCUT2D eigenvalue weighted by molar-refractivity contribution is 7.99. The maximum absolute atomic E-state index is 5.76. The minimum atomic E-state index is 0.477. The monoisotopic (exact) mass is 237 g/mol. The number of hydrogen-bond donors (Lipinski definition) is 1. The maximum atomic E-state index is 5.76. The van der Waals surface area contributed by atoms with Crippen LogP contribution in [-0.4, -0.2) is 25.0 Å². The fraction of sp³-hybridized carbons (Fsp3) is 0.538. The smallest absolute Gasteiger partial charge is 0.0581 e. The highest BCUT2D eigenvalue weighted by atomic mass is 32.2. The Bertz CT molecular complexity index is 298. The van der Waals surface area contributed by atoms with Crippen LogP contribution in [-0.2, 0) is 4.74 Å². The summed E-state index contributed by atoms with van der Waals surface area (Å²) in [5.74, 6) is 1.75. The van der Waals surface area contributed by atoms with Crippen LogP contribution in [0, 0.1) is 5.92 Å². The Hall–Kier alpha value is -0.510. The van der Waals surface area contributed by atoms with E-state index in [1.54, 1.807) is 0 Å². The molecule has 0 aromatic heterocycles. The van der Waals surface area contributed by atoms with Crippen molar-refractivity contribution < 1.29 is 4.74 Å². The molecule has 1 aromatic carbocycles. The van der Waals surface area contributed by atoms with E-state index in [9.17, 15) is 0 Å². The largest absolute Gasteiger partial charge is 0.377 e. The topological polar surface area (TPSA) is 35.2 Å². The van der Waals surface area contributed by atoms with E-state index in [1.807, 2.05) is 17.8 Å². The second-order valence-electron chi connectivity index (χ2n) is 4.23. The molecule has 0 unspecified atom stereocenters. The Kier molecular flexibility index (Phi) is 4.69. The zero-order chi connectivity index (χ0) is 11.2. The number of benzene rings is 1. The normalized spacial score (nSPS) is 24.1. The highest BCUT2D eigenvalue weighted by Gasteiger charge is 2.28. The molecule has 0 atom stereocenters. The van der Waals surface area contributed by atoms with E-state index in [2.05, 4.69) is 24.3 Å². The molecule has 1 aromatic rings. The minimum Gasteiger partial charge on any atom is -0.377 e. The number of rotatable bonds is 6. The lowest BCUT2D eigenvalue weighted by Crippen LogP contribution is -2.36. The first-order valence-electron chi connectivity index (χ1n) is 5.88. The summed E-state index contributed by atoms with van der Waals surface area (Å²) in [7, 11) is 0. The van der Waals surface area contributed by atoms with Crippen LogP contribution in [0.5, 0.6) is 0 Å². The van der Waals surface area contributed by atoms with Crippen molar-refractivity contribution in [3.63, 3.8) is 0 Å². The molecule has 88 valence electrons. The summed E-state index contributed by atoms with van der Waals surface area (Å²) in [6.45, 7) is 1.67. The molecule has 1 fully saturated rings. The van der Waals surface area contributed by atoms with Crippen LogP contribution in [0.4, 0.5) is 0 Å². The summed E-state index contributed by atoms with van der Waals surface area (Å²) in [6.07, 6.45) is 2.80. The molecule has 0 bridgehead atoms. The van der Waals surface area contributed by atoms with Gasteiger partial charge in [0.1, 0.15) is 0 Å². The van der Waals surface area contributed by atoms with E-state index in [0.29, 0.717) is 12.0 Å². The first-order chi connectivity index (χ1) is 7.88. The van der Waals surface area contributed by atoms with Gasteiger partial charge in [-0.25, -0.2) is 0 Å². The third kappa shape index (κ3) is 3.51. The Morgan fingerprint density at radius 1 is 1.25 bits per heavy atom. The van der Waals surface area contributed by atoms with Gasteiger partial charge in [-0.15, -0.1) is 11.8 Å². The molecular weight excluding hydrogens is 218 g/mol. The van der Waals surface area contributed by atoms with Gasteiger partial charge in [0, 0.05) is 10.6 Å². The molecule has 3 heteroatoms. The molecule has 2 rings (SSSR count). The average molecular weight is 237 g/mol. The predicted molar refractivity (Wildman–Crippen MR) is 68.7 cm³/mol. The van der Waals surface area contributed by atoms with E-state index in [4.69, 9.17) is 10.5 Å². The van der Waals surface area contributed by atoms with Crippen molar-refractivity contribution in [1.29, 1.82) is 0 Å². The fourth-order valence-corrected chi connectivity index (χ4v) is 2.66. The molecule has 0 aliphatic heterocycles. The Morgan fingerprint density at radius 3 is 2.69 bits per heavy atom. The molecule has 0 radical (unpaired) electrons. The van der Waals surface area contributed by atoms with Gasteiger partial charge in [-0.1, -0.05) is 18.2 Å². The molecule has 0 heterocycles. The first-order valence-corrected chi connectivity index (χ1v) is 6.86. The van der Waals surface area contributed by atoms with Gasteiger partial charge in [0.05, 0.1) is 12.7 Å². The molecule has 0 amide bonds. The number of hydrogen-bond acceptors (Lipinski definition) is 3. The van der Waals surface area contributed by atoms with Crippen molar-refractivity contribution in [2.24, 2.45) is 11.7 Å². The SMILES string of the molecule is NCC1CC(OCCSc2ccccc2)C1. The van der Waals surface area contributed by atoms with Gasteiger partial charge < -0.3 is 10.5 Å². The van der Waals surface area contributed by atoms with E-state index in [-0.39, 0.29) is 0 Å². The van der Waals surface area contributed by atoms with Gasteiger partial charge in [0.2, 0.25) is 0 Å². The zero-order valence-corrected chi connectivity index (χ0v) is 10.3. The van der Waals surface area contributed by atoms with Crippen LogP contribution >= 0.6 is 11.8 Å². The van der Waals surface area contributed by atoms with Gasteiger partial charge in [0.25, 0.3) is 0 Å². The van der Waals surface area contributed by atoms with E-state index in [0.717, 1.165) is 31.7 Å². The standard InChI is InChI=1S/C13H19NOS/c14-10-11-8-12(9-11)15-6-7-16-13-4-2-1-3-5-13/h1-5,11-12H,6-10,14H2. The van der Waals surface area contributed by atoms with Crippen LogP contribution in [0.2, 0.25) is 0 Å². The minimum absolute atomic E-state index is 0.477. The predicted octanol–water partition coefficient (Wildman–Crippen LogP) is 2.53. The van der Waals surface area contributed by atoms with E-state index < -0.39 is 0 Å². The third-order valence-electron chi connectivity index (χ3n) is 2.97. The van der Waals surface area contributed by atoms with E-state index >= 15 is 0 Å². The maximum Gasteiger partial charge on any atom is 0.0581 e. The second-order valence-corrected chi connectivity index (χ2v) is 5.40. The van der Waals surface area contributed by atoms with Crippen molar-refractivity contribution >= 4 is 11.8 Å². The fourth-order valence-electron chi connectivity index (χ4n) is 1.89. The molecule has 1 aliphatic carbocycles. The molecule has 1 saturated carbocycles. The number of nitrogens with two attached hydrogens (primary N) is 1. The average Bonchev–Trinajstić information content (AvgIpc) is 2.28. The molecule has 0 saturated heterocycles. The Balaban J connectivity index is 1.53. The van der Waals surface area contributed by atoms with Crippen molar-refractivity contribution in [3.05, 3.63) is 30.3 Å². The first kappa shape index (κ1) is 12.0. The lowest BCUT2D eigenvalue weighted by atomic mass is 9.82. The van der Waals surface area contributed by atoms with Gasteiger partial charge in [-0.3, -0.25) is 0 Å². The molecule has 16 heavy (non-hydrogen) atoms. The van der Waals surface area contributed by atoms with Crippen LogP contribution in [0.25, 0.3) is 0 Å². The summed E-state index contributed by atoms with van der Waals surface area (Å²) in [5.41, 5.74) is 5.57. The van der Waals surface area contributed by atoms with E-state index in [1.165, 1.54) is 4.90 Å². The zero-order valence-electron chi connectivity index (χ0n) is 9.47. The lowest BCUT2D eigenvalue weighted by molar-refractivity contribution is -0.0203. The third-order valence-corrected chi connectivity index (χ3v) is 3.95. The second kappa shape index (κ2) is 6.28. The molecule has 0 spiro atoms.